The van der Waals surface area contributed by atoms with Gasteiger partial charge < -0.3 is 4.74 Å². The summed E-state index contributed by atoms with van der Waals surface area (Å²) in [5.41, 5.74) is 4.39. The summed E-state index contributed by atoms with van der Waals surface area (Å²) < 4.78 is 5.30. The van der Waals surface area contributed by atoms with E-state index >= 15 is 0 Å². The largest absolute Gasteiger partial charge is 0.497 e. The van der Waals surface area contributed by atoms with Gasteiger partial charge >= 0.3 is 0 Å². The number of hydrogen-bond donors (Lipinski definition) is 1. The van der Waals surface area contributed by atoms with Crippen molar-refractivity contribution in [3.05, 3.63) is 138 Å². The molecule has 0 radical (unpaired) electrons. The Morgan fingerprint density at radius 1 is 0.586 bits per heavy atom. The van der Waals surface area contributed by atoms with Crippen molar-refractivity contribution in [1.82, 2.24) is 5.32 Å². The molecule has 0 bridgehead atoms. The summed E-state index contributed by atoms with van der Waals surface area (Å²) in [6.45, 7) is 0.725. The number of ether oxygens (including phenoxy) is 1. The summed E-state index contributed by atoms with van der Waals surface area (Å²) in [6, 6.07) is 40.2. The van der Waals surface area contributed by atoms with Crippen LogP contribution in [-0.2, 0) is 12.1 Å². The van der Waals surface area contributed by atoms with Crippen molar-refractivity contribution in [2.45, 2.75) is 12.1 Å². The van der Waals surface area contributed by atoms with Gasteiger partial charge in [0.15, 0.2) is 0 Å². The molecule has 4 rings (SSSR count). The summed E-state index contributed by atoms with van der Waals surface area (Å²) in [4.78, 5) is 0. The van der Waals surface area contributed by atoms with Gasteiger partial charge in [0.25, 0.3) is 0 Å². The molecule has 2 heteroatoms. The molecule has 144 valence electrons. The highest BCUT2D eigenvalue weighted by Crippen LogP contribution is 2.37. The van der Waals surface area contributed by atoms with Gasteiger partial charge in [0.1, 0.15) is 5.75 Å². The van der Waals surface area contributed by atoms with E-state index < -0.39 is 5.54 Å². The Bertz CT molecular complexity index is 916. The Balaban J connectivity index is 1.83. The van der Waals surface area contributed by atoms with Gasteiger partial charge in [-0.25, -0.2) is 0 Å². The fraction of sp³-hybridized carbons (Fsp3) is 0.111. The van der Waals surface area contributed by atoms with Crippen molar-refractivity contribution in [2.24, 2.45) is 0 Å². The first-order chi connectivity index (χ1) is 14.3. The van der Waals surface area contributed by atoms with Gasteiger partial charge in [-0.1, -0.05) is 103 Å². The summed E-state index contributed by atoms with van der Waals surface area (Å²) in [7, 11) is 1.69. The van der Waals surface area contributed by atoms with E-state index in [1.54, 1.807) is 7.11 Å². The highest BCUT2D eigenvalue weighted by molar-refractivity contribution is 5.49. The third-order valence-electron chi connectivity index (χ3n) is 5.34. The second kappa shape index (κ2) is 8.76. The van der Waals surface area contributed by atoms with Crippen LogP contribution in [0, 0.1) is 0 Å². The Morgan fingerprint density at radius 2 is 1.00 bits per heavy atom. The van der Waals surface area contributed by atoms with Gasteiger partial charge in [0.2, 0.25) is 0 Å². The third-order valence-corrected chi connectivity index (χ3v) is 5.34. The quantitative estimate of drug-likeness (QED) is 0.411. The molecule has 0 fully saturated rings. The molecule has 0 unspecified atom stereocenters. The summed E-state index contributed by atoms with van der Waals surface area (Å²) in [5, 5.41) is 3.90. The molecule has 4 aromatic carbocycles. The van der Waals surface area contributed by atoms with Crippen LogP contribution in [0.15, 0.2) is 115 Å². The zero-order valence-electron chi connectivity index (χ0n) is 16.6. The Kier molecular flexibility index (Phi) is 5.73. The lowest BCUT2D eigenvalue weighted by molar-refractivity contribution is 0.414. The number of methoxy groups -OCH3 is 1. The molecule has 2 nitrogen and oxygen atoms in total. The maximum absolute atomic E-state index is 5.30. The highest BCUT2D eigenvalue weighted by atomic mass is 16.5. The van der Waals surface area contributed by atoms with E-state index in [2.05, 4.69) is 108 Å². The zero-order valence-corrected chi connectivity index (χ0v) is 16.6. The minimum atomic E-state index is -0.455. The molecule has 29 heavy (non-hydrogen) atoms. The van der Waals surface area contributed by atoms with Crippen LogP contribution in [-0.4, -0.2) is 7.11 Å². The van der Waals surface area contributed by atoms with Gasteiger partial charge in [-0.15, -0.1) is 0 Å². The fourth-order valence-electron chi connectivity index (χ4n) is 3.85. The molecule has 0 spiro atoms. The average molecular weight is 380 g/mol. The second-order valence-corrected chi connectivity index (χ2v) is 7.05. The summed E-state index contributed by atoms with van der Waals surface area (Å²) in [5.74, 6) is 0.870. The van der Waals surface area contributed by atoms with E-state index in [4.69, 9.17) is 4.74 Å². The van der Waals surface area contributed by atoms with Gasteiger partial charge in [-0.3, -0.25) is 5.32 Å². The third kappa shape index (κ3) is 3.94. The van der Waals surface area contributed by atoms with Crippen LogP contribution in [0.25, 0.3) is 0 Å². The number of hydrogen-bond acceptors (Lipinski definition) is 2. The van der Waals surface area contributed by atoms with Gasteiger partial charge in [0.05, 0.1) is 12.6 Å². The van der Waals surface area contributed by atoms with Crippen LogP contribution in [0.4, 0.5) is 0 Å². The minimum absolute atomic E-state index is 0.455. The molecule has 0 atom stereocenters. The smallest absolute Gasteiger partial charge is 0.118 e. The number of benzene rings is 4. The van der Waals surface area contributed by atoms with Crippen molar-refractivity contribution in [1.29, 1.82) is 0 Å². The van der Waals surface area contributed by atoms with Crippen LogP contribution in [0.2, 0.25) is 0 Å². The molecule has 0 aliphatic carbocycles. The van der Waals surface area contributed by atoms with E-state index in [1.165, 1.54) is 22.3 Å². The van der Waals surface area contributed by atoms with E-state index in [1.807, 2.05) is 12.1 Å². The van der Waals surface area contributed by atoms with E-state index in [9.17, 15) is 0 Å². The monoisotopic (exact) mass is 379 g/mol. The SMILES string of the molecule is COc1ccc(CNC(c2ccccc2)(c2ccccc2)c2ccccc2)cc1. The maximum Gasteiger partial charge on any atom is 0.118 e. The van der Waals surface area contributed by atoms with E-state index in [0.29, 0.717) is 0 Å². The normalized spacial score (nSPS) is 11.2. The molecule has 0 aliphatic rings. The maximum atomic E-state index is 5.30. The van der Waals surface area contributed by atoms with Crippen LogP contribution >= 0.6 is 0 Å². The van der Waals surface area contributed by atoms with E-state index in [-0.39, 0.29) is 0 Å². The highest BCUT2D eigenvalue weighted by Gasteiger charge is 2.35. The predicted octanol–water partition coefficient (Wildman–Crippen LogP) is 5.78. The van der Waals surface area contributed by atoms with Crippen LogP contribution < -0.4 is 10.1 Å². The molecule has 0 saturated carbocycles. The standard InChI is InChI=1S/C27H25NO/c1-29-26-19-17-22(18-20-26)21-28-27(23-11-5-2-6-12-23,24-13-7-3-8-14-24)25-15-9-4-10-16-25/h2-20,28H,21H2,1H3. The Morgan fingerprint density at radius 3 is 1.38 bits per heavy atom. The van der Waals surface area contributed by atoms with Crippen LogP contribution in [0.3, 0.4) is 0 Å². The van der Waals surface area contributed by atoms with Crippen molar-refractivity contribution < 1.29 is 4.74 Å². The zero-order chi connectivity index (χ0) is 19.9. The fourth-order valence-corrected chi connectivity index (χ4v) is 3.85. The van der Waals surface area contributed by atoms with Gasteiger partial charge in [-0.05, 0) is 34.4 Å². The molecule has 0 aliphatic heterocycles. The molecule has 0 heterocycles. The van der Waals surface area contributed by atoms with Crippen molar-refractivity contribution >= 4 is 0 Å². The Labute approximate surface area is 172 Å². The van der Waals surface area contributed by atoms with Crippen molar-refractivity contribution in [3.8, 4) is 5.75 Å². The lowest BCUT2D eigenvalue weighted by Gasteiger charge is -2.37. The first-order valence-corrected chi connectivity index (χ1v) is 9.87. The number of rotatable bonds is 7. The molecule has 4 aromatic rings. The first kappa shape index (κ1) is 19.0. The predicted molar refractivity (Wildman–Crippen MR) is 119 cm³/mol. The minimum Gasteiger partial charge on any atom is -0.497 e. The molecule has 1 N–H and O–H groups in total. The molecular formula is C27H25NO. The molecular weight excluding hydrogens is 354 g/mol. The van der Waals surface area contributed by atoms with Crippen molar-refractivity contribution in [3.63, 3.8) is 0 Å². The lowest BCUT2D eigenvalue weighted by atomic mass is 9.77. The number of nitrogens with one attached hydrogen (secondary N) is 1. The van der Waals surface area contributed by atoms with E-state index in [0.717, 1.165) is 12.3 Å². The molecule has 0 saturated heterocycles. The van der Waals surface area contributed by atoms with Gasteiger partial charge in [0, 0.05) is 6.54 Å². The molecule has 0 aromatic heterocycles. The van der Waals surface area contributed by atoms with Crippen LogP contribution in [0.1, 0.15) is 22.3 Å². The van der Waals surface area contributed by atoms with Crippen LogP contribution in [0.5, 0.6) is 5.75 Å². The Hall–Kier alpha value is -3.36. The van der Waals surface area contributed by atoms with Crippen molar-refractivity contribution in [2.75, 3.05) is 7.11 Å². The summed E-state index contributed by atoms with van der Waals surface area (Å²) >= 11 is 0. The average Bonchev–Trinajstić information content (AvgIpc) is 2.82. The van der Waals surface area contributed by atoms with Gasteiger partial charge in [-0.2, -0.15) is 0 Å². The first-order valence-electron chi connectivity index (χ1n) is 9.87. The topological polar surface area (TPSA) is 21.3 Å². The summed E-state index contributed by atoms with van der Waals surface area (Å²) in [6.07, 6.45) is 0. The second-order valence-electron chi connectivity index (χ2n) is 7.05. The molecule has 0 amide bonds. The lowest BCUT2D eigenvalue weighted by Crippen LogP contribution is -2.44.